The summed E-state index contributed by atoms with van der Waals surface area (Å²) >= 11 is 1.66. The van der Waals surface area contributed by atoms with E-state index in [1.165, 1.54) is 12.1 Å². The van der Waals surface area contributed by atoms with E-state index in [0.717, 1.165) is 49.1 Å². The van der Waals surface area contributed by atoms with Crippen molar-refractivity contribution in [1.82, 2.24) is 15.5 Å². The number of thioether (sulfide) groups is 1. The normalized spacial score (nSPS) is 15.9. The van der Waals surface area contributed by atoms with E-state index in [-0.39, 0.29) is 35.7 Å². The average molecular weight is 509 g/mol. The first-order valence-corrected chi connectivity index (χ1v) is 9.99. The third kappa shape index (κ3) is 9.61. The van der Waals surface area contributed by atoms with Crippen LogP contribution in [0.2, 0.25) is 0 Å². The fourth-order valence-electron chi connectivity index (χ4n) is 2.82. The highest BCUT2D eigenvalue weighted by molar-refractivity contribution is 14.0. The minimum Gasteiger partial charge on any atom is -0.369 e. The molecule has 1 saturated heterocycles. The van der Waals surface area contributed by atoms with Crippen molar-refractivity contribution in [2.45, 2.75) is 30.7 Å². The molecule has 0 aliphatic carbocycles. The first kappa shape index (κ1) is 24.0. The number of aliphatic imine (C=N–C) groups is 1. The number of guanidine groups is 1. The van der Waals surface area contributed by atoms with Gasteiger partial charge in [0.25, 0.3) is 0 Å². The van der Waals surface area contributed by atoms with E-state index >= 15 is 0 Å². The van der Waals surface area contributed by atoms with Crippen LogP contribution in [0.3, 0.4) is 0 Å². The molecule has 152 valence electrons. The molecule has 1 aromatic carbocycles. The zero-order chi connectivity index (χ0) is 18.8. The number of carbonyl (C=O) groups excluding carboxylic acids is 1. The fraction of sp³-hybridized carbons (Fsp3) is 0.556. The predicted molar refractivity (Wildman–Crippen MR) is 120 cm³/mol. The highest BCUT2D eigenvalue weighted by Gasteiger charge is 2.20. The minimum absolute atomic E-state index is 0. The van der Waals surface area contributed by atoms with E-state index < -0.39 is 0 Å². The number of benzene rings is 1. The molecule has 4 N–H and O–H groups in total. The molecule has 0 saturated carbocycles. The first-order chi connectivity index (χ1) is 12.6. The summed E-state index contributed by atoms with van der Waals surface area (Å²) < 4.78 is 12.9. The van der Waals surface area contributed by atoms with Crippen LogP contribution in [0.25, 0.3) is 0 Å². The molecular formula is C18H29FIN5OS. The Morgan fingerprint density at radius 3 is 2.59 bits per heavy atom. The van der Waals surface area contributed by atoms with Crippen LogP contribution in [0.1, 0.15) is 19.8 Å². The number of nitrogens with two attached hydrogens (primary N) is 1. The number of piperidine rings is 1. The Bertz CT molecular complexity index is 594. The minimum atomic E-state index is -0.273. The lowest BCUT2D eigenvalue weighted by Gasteiger charge is -2.32. The van der Waals surface area contributed by atoms with E-state index in [0.29, 0.717) is 19.1 Å². The van der Waals surface area contributed by atoms with Crippen molar-refractivity contribution in [2.24, 2.45) is 10.7 Å². The SMILES string of the molecule is CCNC(=NCCSc1ccc(F)cc1)NC1CCN(CC(N)=O)CC1.I. The Kier molecular flexibility index (Phi) is 11.7. The van der Waals surface area contributed by atoms with Crippen LogP contribution in [-0.2, 0) is 4.79 Å². The monoisotopic (exact) mass is 509 g/mol. The summed E-state index contributed by atoms with van der Waals surface area (Å²) in [5.41, 5.74) is 5.25. The number of nitrogens with one attached hydrogen (secondary N) is 2. The predicted octanol–water partition coefficient (Wildman–Crippen LogP) is 2.04. The Balaban J connectivity index is 0.00000364. The number of nitrogens with zero attached hydrogens (tertiary/aromatic N) is 2. The van der Waals surface area contributed by atoms with Gasteiger partial charge in [0.15, 0.2) is 5.96 Å². The van der Waals surface area contributed by atoms with Gasteiger partial charge in [0, 0.05) is 36.3 Å². The molecule has 9 heteroatoms. The number of primary amides is 1. The second-order valence-electron chi connectivity index (χ2n) is 6.22. The summed E-state index contributed by atoms with van der Waals surface area (Å²) in [6, 6.07) is 6.87. The third-order valence-corrected chi connectivity index (χ3v) is 5.09. The molecule has 1 aromatic rings. The lowest BCUT2D eigenvalue weighted by Crippen LogP contribution is -2.49. The van der Waals surface area contributed by atoms with Gasteiger partial charge in [0.2, 0.25) is 5.91 Å². The number of hydrogen-bond acceptors (Lipinski definition) is 4. The summed E-state index contributed by atoms with van der Waals surface area (Å²) in [6.45, 7) is 5.58. The summed E-state index contributed by atoms with van der Waals surface area (Å²) in [4.78, 5) is 18.7. The lowest BCUT2D eigenvalue weighted by molar-refractivity contribution is -0.119. The van der Waals surface area contributed by atoms with Crippen LogP contribution in [0, 0.1) is 5.82 Å². The number of amides is 1. The number of likely N-dealkylation sites (tertiary alicyclic amines) is 1. The number of carbonyl (C=O) groups is 1. The van der Waals surface area contributed by atoms with E-state index in [9.17, 15) is 9.18 Å². The van der Waals surface area contributed by atoms with Gasteiger partial charge in [-0.2, -0.15) is 0 Å². The number of hydrogen-bond donors (Lipinski definition) is 3. The second kappa shape index (κ2) is 13.2. The summed E-state index contributed by atoms with van der Waals surface area (Å²) in [5.74, 6) is 1.16. The van der Waals surface area contributed by atoms with Gasteiger partial charge in [-0.1, -0.05) is 0 Å². The summed E-state index contributed by atoms with van der Waals surface area (Å²) in [7, 11) is 0. The lowest BCUT2D eigenvalue weighted by atomic mass is 10.1. The van der Waals surface area contributed by atoms with E-state index in [4.69, 9.17) is 5.73 Å². The molecule has 0 radical (unpaired) electrons. The quantitative estimate of drug-likeness (QED) is 0.164. The van der Waals surface area contributed by atoms with Gasteiger partial charge in [-0.3, -0.25) is 14.7 Å². The third-order valence-electron chi connectivity index (χ3n) is 4.10. The standard InChI is InChI=1S/C18H28FN5OS.HI/c1-2-21-18(22-9-12-26-16-5-3-14(19)4-6-16)23-15-7-10-24(11-8-15)13-17(20)25;/h3-6,15H,2,7-13H2,1H3,(H2,20,25)(H2,21,22,23);1H. The van der Waals surface area contributed by atoms with Gasteiger partial charge in [0.05, 0.1) is 13.1 Å². The van der Waals surface area contributed by atoms with Crippen molar-refractivity contribution in [2.75, 3.05) is 38.5 Å². The largest absolute Gasteiger partial charge is 0.369 e. The van der Waals surface area contributed by atoms with Crippen molar-refractivity contribution in [3.05, 3.63) is 30.1 Å². The molecule has 0 aromatic heterocycles. The second-order valence-corrected chi connectivity index (χ2v) is 7.39. The topological polar surface area (TPSA) is 82.8 Å². The summed E-state index contributed by atoms with van der Waals surface area (Å²) in [5, 5.41) is 6.75. The molecule has 0 atom stereocenters. The highest BCUT2D eigenvalue weighted by atomic mass is 127. The van der Waals surface area contributed by atoms with Crippen LogP contribution in [-0.4, -0.2) is 61.3 Å². The molecule has 0 spiro atoms. The Hall–Kier alpha value is -1.07. The smallest absolute Gasteiger partial charge is 0.231 e. The molecule has 2 rings (SSSR count). The van der Waals surface area contributed by atoms with Crippen LogP contribution in [0.5, 0.6) is 0 Å². The maximum atomic E-state index is 12.9. The van der Waals surface area contributed by atoms with Crippen molar-refractivity contribution in [3.8, 4) is 0 Å². The van der Waals surface area contributed by atoms with Crippen LogP contribution in [0.15, 0.2) is 34.2 Å². The molecule has 27 heavy (non-hydrogen) atoms. The van der Waals surface area contributed by atoms with Crippen molar-refractivity contribution < 1.29 is 9.18 Å². The van der Waals surface area contributed by atoms with Crippen molar-refractivity contribution >= 4 is 47.6 Å². The van der Waals surface area contributed by atoms with Gasteiger partial charge in [-0.15, -0.1) is 35.7 Å². The number of rotatable bonds is 8. The van der Waals surface area contributed by atoms with Gasteiger partial charge in [0.1, 0.15) is 5.82 Å². The molecule has 0 unspecified atom stereocenters. The zero-order valence-corrected chi connectivity index (χ0v) is 18.8. The van der Waals surface area contributed by atoms with Crippen molar-refractivity contribution in [1.29, 1.82) is 0 Å². The van der Waals surface area contributed by atoms with Gasteiger partial charge >= 0.3 is 0 Å². The van der Waals surface area contributed by atoms with Gasteiger partial charge in [-0.25, -0.2) is 4.39 Å². The maximum Gasteiger partial charge on any atom is 0.231 e. The molecule has 1 aliphatic rings. The average Bonchev–Trinajstić information content (AvgIpc) is 2.61. The Morgan fingerprint density at radius 2 is 2.00 bits per heavy atom. The van der Waals surface area contributed by atoms with Crippen LogP contribution >= 0.6 is 35.7 Å². The van der Waals surface area contributed by atoms with Crippen LogP contribution in [0.4, 0.5) is 4.39 Å². The summed E-state index contributed by atoms with van der Waals surface area (Å²) in [6.07, 6.45) is 1.92. The van der Waals surface area contributed by atoms with E-state index in [1.54, 1.807) is 23.9 Å². The Labute approximate surface area is 181 Å². The fourth-order valence-corrected chi connectivity index (χ4v) is 3.57. The van der Waals surface area contributed by atoms with Crippen molar-refractivity contribution in [3.63, 3.8) is 0 Å². The molecular weight excluding hydrogens is 480 g/mol. The molecule has 1 fully saturated rings. The maximum absolute atomic E-state index is 12.9. The molecule has 1 aliphatic heterocycles. The van der Waals surface area contributed by atoms with E-state index in [1.807, 2.05) is 6.92 Å². The van der Waals surface area contributed by atoms with E-state index in [2.05, 4.69) is 20.5 Å². The highest BCUT2D eigenvalue weighted by Crippen LogP contribution is 2.17. The molecule has 1 heterocycles. The zero-order valence-electron chi connectivity index (χ0n) is 15.6. The molecule has 6 nitrogen and oxygen atoms in total. The number of halogens is 2. The molecule has 1 amide bonds. The van der Waals surface area contributed by atoms with Gasteiger partial charge < -0.3 is 16.4 Å². The first-order valence-electron chi connectivity index (χ1n) is 9.00. The Morgan fingerprint density at radius 1 is 1.33 bits per heavy atom. The van der Waals surface area contributed by atoms with Gasteiger partial charge in [-0.05, 0) is 44.0 Å². The van der Waals surface area contributed by atoms with Crippen LogP contribution < -0.4 is 16.4 Å². The molecule has 0 bridgehead atoms.